The largest absolute Gasteiger partial charge is 0.433 e. The van der Waals surface area contributed by atoms with E-state index in [1.807, 2.05) is 145 Å². The van der Waals surface area contributed by atoms with Crippen LogP contribution in [0.5, 0.6) is 0 Å². The van der Waals surface area contributed by atoms with Crippen LogP contribution in [-0.4, -0.2) is 11.9 Å². The van der Waals surface area contributed by atoms with Gasteiger partial charge in [0.1, 0.15) is 0 Å². The number of hydrogen-bond donors (Lipinski definition) is 0. The number of rotatable bonds is 6. The highest BCUT2D eigenvalue weighted by Gasteiger charge is 2.38. The molecule has 0 saturated heterocycles. The van der Waals surface area contributed by atoms with Crippen LogP contribution in [0, 0.1) is 13.8 Å². The molecule has 0 radical (unpaired) electrons. The lowest BCUT2D eigenvalue weighted by atomic mass is 10.0. The van der Waals surface area contributed by atoms with Gasteiger partial charge < -0.3 is 19.3 Å². The van der Waals surface area contributed by atoms with E-state index in [1.165, 1.54) is 0 Å². The Morgan fingerprint density at radius 3 is 1.21 bits per heavy atom. The van der Waals surface area contributed by atoms with Crippen LogP contribution in [0.15, 0.2) is 121 Å². The molecular formula is C36H28N2O4. The van der Waals surface area contributed by atoms with E-state index in [0.717, 1.165) is 45.0 Å². The SMILES string of the molecule is Cc1ccc2c(c1)C(=O)OC2N(c1ccccc1)c1ccc(N(c2ccccc2)C2OC(=O)c3cc(C)ccc32)cc1. The second-order valence-corrected chi connectivity index (χ2v) is 10.6. The number of anilines is 4. The maximum atomic E-state index is 12.9. The normalized spacial score (nSPS) is 16.8. The van der Waals surface area contributed by atoms with Crippen LogP contribution in [0.4, 0.5) is 22.7 Å². The predicted molar refractivity (Wildman–Crippen MR) is 162 cm³/mol. The van der Waals surface area contributed by atoms with E-state index in [9.17, 15) is 9.59 Å². The predicted octanol–water partition coefficient (Wildman–Crippen LogP) is 8.32. The summed E-state index contributed by atoms with van der Waals surface area (Å²) < 4.78 is 11.9. The van der Waals surface area contributed by atoms with Gasteiger partial charge in [-0.05, 0) is 74.5 Å². The lowest BCUT2D eigenvalue weighted by Gasteiger charge is -2.33. The molecule has 0 saturated carbocycles. The number of carbonyl (C=O) groups excluding carboxylic acids is 2. The Balaban J connectivity index is 1.31. The van der Waals surface area contributed by atoms with Crippen LogP contribution in [-0.2, 0) is 9.47 Å². The zero-order valence-corrected chi connectivity index (χ0v) is 23.2. The van der Waals surface area contributed by atoms with E-state index < -0.39 is 12.5 Å². The standard InChI is InChI=1S/C36H28N2O4/c1-23-13-19-29-31(21-23)35(39)41-33(29)37(25-9-5-3-6-10-25)27-15-17-28(18-16-27)38(26-11-7-4-8-12-26)34-30-20-14-24(2)22-32(30)36(40)42-34/h3-22,33-34H,1-2H3. The van der Waals surface area contributed by atoms with Gasteiger partial charge in [0.05, 0.1) is 11.1 Å². The van der Waals surface area contributed by atoms with Crippen LogP contribution in [0.25, 0.3) is 0 Å². The van der Waals surface area contributed by atoms with Gasteiger partial charge in [-0.25, -0.2) is 9.59 Å². The molecule has 6 nitrogen and oxygen atoms in total. The molecule has 2 atom stereocenters. The lowest BCUT2D eigenvalue weighted by molar-refractivity contribution is 0.0388. The van der Waals surface area contributed by atoms with Gasteiger partial charge in [0.2, 0.25) is 12.5 Å². The van der Waals surface area contributed by atoms with E-state index >= 15 is 0 Å². The van der Waals surface area contributed by atoms with Crippen LogP contribution >= 0.6 is 0 Å². The van der Waals surface area contributed by atoms with Crippen LogP contribution in [0.3, 0.4) is 0 Å². The molecule has 0 amide bonds. The molecule has 6 heteroatoms. The maximum Gasteiger partial charge on any atom is 0.340 e. The first-order valence-corrected chi connectivity index (χ1v) is 13.9. The molecule has 7 rings (SSSR count). The monoisotopic (exact) mass is 552 g/mol. The molecule has 0 bridgehead atoms. The van der Waals surface area contributed by atoms with Crippen molar-refractivity contribution in [3.05, 3.63) is 155 Å². The molecular weight excluding hydrogens is 524 g/mol. The van der Waals surface area contributed by atoms with Crippen molar-refractivity contribution in [1.29, 1.82) is 0 Å². The summed E-state index contributed by atoms with van der Waals surface area (Å²) in [6, 6.07) is 39.5. The van der Waals surface area contributed by atoms with Crippen molar-refractivity contribution in [2.45, 2.75) is 26.3 Å². The van der Waals surface area contributed by atoms with Gasteiger partial charge >= 0.3 is 11.9 Å². The Labute approximate surface area is 244 Å². The van der Waals surface area contributed by atoms with E-state index in [1.54, 1.807) is 0 Å². The Morgan fingerprint density at radius 1 is 0.476 bits per heavy atom. The third-order valence-electron chi connectivity index (χ3n) is 7.77. The molecule has 0 aromatic heterocycles. The maximum absolute atomic E-state index is 12.9. The van der Waals surface area contributed by atoms with Crippen molar-refractivity contribution in [1.82, 2.24) is 0 Å². The Morgan fingerprint density at radius 2 is 0.833 bits per heavy atom. The zero-order chi connectivity index (χ0) is 28.8. The van der Waals surface area contributed by atoms with Crippen molar-refractivity contribution < 1.29 is 19.1 Å². The fraction of sp³-hybridized carbons (Fsp3) is 0.111. The molecule has 5 aromatic rings. The first kappa shape index (κ1) is 25.6. The smallest absolute Gasteiger partial charge is 0.340 e. The number of carbonyl (C=O) groups is 2. The number of esters is 2. The quantitative estimate of drug-likeness (QED) is 0.198. The number of fused-ring (bicyclic) bond motifs is 2. The van der Waals surface area contributed by atoms with Crippen LogP contribution < -0.4 is 9.80 Å². The Bertz CT molecular complexity index is 1670. The number of aryl methyl sites for hydroxylation is 2. The molecule has 0 aliphatic carbocycles. The summed E-state index contributed by atoms with van der Waals surface area (Å²) in [7, 11) is 0. The topological polar surface area (TPSA) is 59.1 Å². The molecule has 42 heavy (non-hydrogen) atoms. The minimum absolute atomic E-state index is 0.330. The average Bonchev–Trinajstić information content (AvgIpc) is 3.50. The number of benzene rings is 5. The van der Waals surface area contributed by atoms with Crippen molar-refractivity contribution in [2.75, 3.05) is 9.80 Å². The molecule has 2 heterocycles. The van der Waals surface area contributed by atoms with Crippen molar-refractivity contribution in [2.24, 2.45) is 0 Å². The summed E-state index contributed by atoms with van der Waals surface area (Å²) in [5, 5.41) is 0. The molecule has 5 aromatic carbocycles. The second-order valence-electron chi connectivity index (χ2n) is 10.6. The van der Waals surface area contributed by atoms with Gasteiger partial charge in [-0.3, -0.25) is 0 Å². The fourth-order valence-corrected chi connectivity index (χ4v) is 5.76. The summed E-state index contributed by atoms with van der Waals surface area (Å²) >= 11 is 0. The molecule has 2 aliphatic rings. The zero-order valence-electron chi connectivity index (χ0n) is 23.2. The Hall–Kier alpha value is -5.36. The van der Waals surface area contributed by atoms with Crippen molar-refractivity contribution >= 4 is 34.7 Å². The number of cyclic esters (lactones) is 2. The van der Waals surface area contributed by atoms with E-state index in [4.69, 9.17) is 9.47 Å². The minimum atomic E-state index is -0.613. The molecule has 0 fully saturated rings. The molecule has 2 unspecified atom stereocenters. The van der Waals surface area contributed by atoms with Gasteiger partial charge in [-0.1, -0.05) is 71.8 Å². The van der Waals surface area contributed by atoms with Gasteiger partial charge in [0.25, 0.3) is 0 Å². The fourth-order valence-electron chi connectivity index (χ4n) is 5.76. The van der Waals surface area contributed by atoms with E-state index in [-0.39, 0.29) is 11.9 Å². The number of para-hydroxylation sites is 2. The minimum Gasteiger partial charge on any atom is -0.433 e. The van der Waals surface area contributed by atoms with E-state index in [2.05, 4.69) is 0 Å². The molecule has 2 aliphatic heterocycles. The number of nitrogens with zero attached hydrogens (tertiary/aromatic N) is 2. The summed E-state index contributed by atoms with van der Waals surface area (Å²) in [5.41, 5.74) is 8.33. The molecule has 0 N–H and O–H groups in total. The number of ether oxygens (including phenoxy) is 2. The van der Waals surface area contributed by atoms with Gasteiger partial charge in [-0.15, -0.1) is 0 Å². The first-order chi connectivity index (χ1) is 20.5. The Kier molecular flexibility index (Phi) is 6.24. The van der Waals surface area contributed by atoms with Crippen LogP contribution in [0.2, 0.25) is 0 Å². The summed E-state index contributed by atoms with van der Waals surface area (Å²) in [5.74, 6) is -0.660. The lowest BCUT2D eigenvalue weighted by Crippen LogP contribution is -2.25. The third-order valence-corrected chi connectivity index (χ3v) is 7.77. The van der Waals surface area contributed by atoms with Crippen molar-refractivity contribution in [3.63, 3.8) is 0 Å². The van der Waals surface area contributed by atoms with Gasteiger partial charge in [0, 0.05) is 33.9 Å². The molecule has 206 valence electrons. The van der Waals surface area contributed by atoms with Gasteiger partial charge in [-0.2, -0.15) is 0 Å². The second kappa shape index (κ2) is 10.2. The summed E-state index contributed by atoms with van der Waals surface area (Å²) in [6.45, 7) is 3.93. The van der Waals surface area contributed by atoms with Crippen molar-refractivity contribution in [3.8, 4) is 0 Å². The average molecular weight is 553 g/mol. The highest BCUT2D eigenvalue weighted by Crippen LogP contribution is 2.44. The highest BCUT2D eigenvalue weighted by atomic mass is 16.6. The third kappa shape index (κ3) is 4.38. The van der Waals surface area contributed by atoms with Gasteiger partial charge in [0.15, 0.2) is 0 Å². The summed E-state index contributed by atoms with van der Waals surface area (Å²) in [4.78, 5) is 29.8. The first-order valence-electron chi connectivity index (χ1n) is 13.9. The van der Waals surface area contributed by atoms with E-state index in [0.29, 0.717) is 11.1 Å². The number of hydrogen-bond acceptors (Lipinski definition) is 6. The summed E-state index contributed by atoms with van der Waals surface area (Å²) in [6.07, 6.45) is -1.23. The van der Waals surface area contributed by atoms with Crippen LogP contribution in [0.1, 0.15) is 55.4 Å². The highest BCUT2D eigenvalue weighted by molar-refractivity contribution is 5.96. The molecule has 0 spiro atoms.